The fourth-order valence-electron chi connectivity index (χ4n) is 1.84. The molecule has 1 atom stereocenters. The summed E-state index contributed by atoms with van der Waals surface area (Å²) in [4.78, 5) is 15.9. The van der Waals surface area contributed by atoms with Gasteiger partial charge in [0.1, 0.15) is 6.04 Å². The van der Waals surface area contributed by atoms with Crippen molar-refractivity contribution in [3.63, 3.8) is 0 Å². The predicted octanol–water partition coefficient (Wildman–Crippen LogP) is 2.13. The molecule has 0 saturated heterocycles. The molecule has 0 fully saturated rings. The van der Waals surface area contributed by atoms with Gasteiger partial charge in [0.05, 0.1) is 23.1 Å². The molecule has 19 heavy (non-hydrogen) atoms. The highest BCUT2D eigenvalue weighted by Crippen LogP contribution is 2.30. The minimum absolute atomic E-state index is 0.0978. The highest BCUT2D eigenvalue weighted by molar-refractivity contribution is 9.10. The molecule has 0 aliphatic carbocycles. The summed E-state index contributed by atoms with van der Waals surface area (Å²) < 4.78 is 0.933. The first-order chi connectivity index (χ1) is 9.02. The van der Waals surface area contributed by atoms with Gasteiger partial charge >= 0.3 is 0 Å². The zero-order valence-corrected chi connectivity index (χ0v) is 12.3. The quantitative estimate of drug-likeness (QED) is 0.808. The van der Waals surface area contributed by atoms with E-state index in [1.54, 1.807) is 20.2 Å². The number of benzene rings is 1. The fourth-order valence-corrected chi connectivity index (χ4v) is 2.20. The van der Waals surface area contributed by atoms with Crippen LogP contribution in [0.25, 0.3) is 10.9 Å². The van der Waals surface area contributed by atoms with Gasteiger partial charge in [0.2, 0.25) is 5.91 Å². The van der Waals surface area contributed by atoms with Gasteiger partial charge in [-0.2, -0.15) is 0 Å². The monoisotopic (exact) mass is 322 g/mol. The van der Waals surface area contributed by atoms with Crippen molar-refractivity contribution in [1.82, 2.24) is 10.3 Å². The molecule has 100 valence electrons. The van der Waals surface area contributed by atoms with E-state index in [0.717, 1.165) is 21.1 Å². The zero-order chi connectivity index (χ0) is 14.0. The molecule has 0 saturated carbocycles. The van der Waals surface area contributed by atoms with Crippen LogP contribution in [0.2, 0.25) is 0 Å². The van der Waals surface area contributed by atoms with Crippen molar-refractivity contribution in [1.29, 1.82) is 0 Å². The number of nitrogens with one attached hydrogen (secondary N) is 2. The average molecular weight is 323 g/mol. The van der Waals surface area contributed by atoms with Crippen molar-refractivity contribution in [2.75, 3.05) is 18.1 Å². The molecule has 2 aromatic rings. The van der Waals surface area contributed by atoms with E-state index < -0.39 is 0 Å². The van der Waals surface area contributed by atoms with Crippen LogP contribution in [0, 0.1) is 0 Å². The first-order valence-corrected chi connectivity index (χ1v) is 6.64. The number of carbonyl (C=O) groups excluding carboxylic acids is 1. The van der Waals surface area contributed by atoms with Gasteiger partial charge in [-0.1, -0.05) is 15.9 Å². The van der Waals surface area contributed by atoms with Crippen LogP contribution in [-0.2, 0) is 4.79 Å². The molecular weight excluding hydrogens is 308 g/mol. The van der Waals surface area contributed by atoms with Crippen molar-refractivity contribution in [3.05, 3.63) is 28.9 Å². The topological polar surface area (TPSA) is 80.0 Å². The van der Waals surface area contributed by atoms with Crippen LogP contribution < -0.4 is 16.4 Å². The van der Waals surface area contributed by atoms with E-state index in [1.807, 2.05) is 18.2 Å². The second-order valence-electron chi connectivity index (χ2n) is 4.23. The van der Waals surface area contributed by atoms with Crippen LogP contribution in [0.5, 0.6) is 0 Å². The van der Waals surface area contributed by atoms with Crippen LogP contribution in [0.4, 0.5) is 11.4 Å². The summed E-state index contributed by atoms with van der Waals surface area (Å²) in [5.41, 5.74) is 8.02. The second-order valence-corrected chi connectivity index (χ2v) is 5.15. The Morgan fingerprint density at radius 1 is 1.47 bits per heavy atom. The largest absolute Gasteiger partial charge is 0.396 e. The summed E-state index contributed by atoms with van der Waals surface area (Å²) >= 11 is 3.42. The van der Waals surface area contributed by atoms with Gasteiger partial charge in [0, 0.05) is 16.9 Å². The van der Waals surface area contributed by atoms with Crippen LogP contribution >= 0.6 is 15.9 Å². The molecule has 0 spiro atoms. The summed E-state index contributed by atoms with van der Waals surface area (Å²) in [6, 6.07) is 5.36. The number of halogens is 1. The smallest absolute Gasteiger partial charge is 0.241 e. The van der Waals surface area contributed by atoms with Crippen LogP contribution in [0.15, 0.2) is 28.9 Å². The van der Waals surface area contributed by atoms with Gasteiger partial charge in [-0.25, -0.2) is 0 Å². The number of amides is 1. The lowest BCUT2D eigenvalue weighted by Gasteiger charge is -2.17. The number of hydrogen-bond donors (Lipinski definition) is 3. The zero-order valence-electron chi connectivity index (χ0n) is 10.7. The maximum absolute atomic E-state index is 11.6. The minimum atomic E-state index is -0.378. The number of rotatable bonds is 3. The maximum atomic E-state index is 11.6. The molecule has 0 bridgehead atoms. The lowest BCUT2D eigenvalue weighted by molar-refractivity contribution is -0.121. The van der Waals surface area contributed by atoms with Crippen LogP contribution in [0.3, 0.4) is 0 Å². The van der Waals surface area contributed by atoms with Gasteiger partial charge < -0.3 is 16.4 Å². The molecule has 2 rings (SSSR count). The Hall–Kier alpha value is -1.82. The second kappa shape index (κ2) is 5.44. The van der Waals surface area contributed by atoms with Crippen molar-refractivity contribution >= 4 is 44.1 Å². The van der Waals surface area contributed by atoms with E-state index in [4.69, 9.17) is 5.73 Å². The van der Waals surface area contributed by atoms with Crippen molar-refractivity contribution in [2.45, 2.75) is 13.0 Å². The Morgan fingerprint density at radius 2 is 2.21 bits per heavy atom. The molecule has 0 aliphatic rings. The molecular formula is C13H15BrN4O. The normalized spacial score (nSPS) is 12.2. The number of aromatic nitrogens is 1. The van der Waals surface area contributed by atoms with E-state index in [-0.39, 0.29) is 11.9 Å². The summed E-state index contributed by atoms with van der Waals surface area (Å²) in [5.74, 6) is -0.0978. The fraction of sp³-hybridized carbons (Fsp3) is 0.231. The molecule has 1 aromatic heterocycles. The number of carbonyl (C=O) groups is 1. The SMILES string of the molecule is CNC(=O)C(C)Nc1c(N)cnc2ccc(Br)cc12. The van der Waals surface area contributed by atoms with E-state index >= 15 is 0 Å². The molecule has 4 N–H and O–H groups in total. The average Bonchev–Trinajstić information content (AvgIpc) is 2.41. The minimum Gasteiger partial charge on any atom is -0.396 e. The Kier molecular flexibility index (Phi) is 3.90. The first kappa shape index (κ1) is 13.6. The predicted molar refractivity (Wildman–Crippen MR) is 81.0 cm³/mol. The van der Waals surface area contributed by atoms with Crippen molar-refractivity contribution in [3.8, 4) is 0 Å². The Balaban J connectivity index is 2.49. The summed E-state index contributed by atoms with van der Waals surface area (Å²) in [5, 5.41) is 6.61. The van der Waals surface area contributed by atoms with E-state index in [9.17, 15) is 4.79 Å². The standard InChI is InChI=1S/C13H15BrN4O/c1-7(13(19)16-2)18-12-9-5-8(14)3-4-11(9)17-6-10(12)15/h3-7H,15H2,1-2H3,(H,16,19)(H,17,18). The Bertz CT molecular complexity index is 624. The number of nitrogens with zero attached hydrogens (tertiary/aromatic N) is 1. The summed E-state index contributed by atoms with van der Waals surface area (Å²) in [6.07, 6.45) is 1.59. The first-order valence-electron chi connectivity index (χ1n) is 5.84. The lowest BCUT2D eigenvalue weighted by Crippen LogP contribution is -2.35. The number of pyridine rings is 1. The molecule has 1 heterocycles. The third kappa shape index (κ3) is 2.78. The number of likely N-dealkylation sites (N-methyl/N-ethyl adjacent to an activating group) is 1. The van der Waals surface area contributed by atoms with Crippen LogP contribution in [0.1, 0.15) is 6.92 Å². The summed E-state index contributed by atoms with van der Waals surface area (Å²) in [7, 11) is 1.60. The number of hydrogen-bond acceptors (Lipinski definition) is 4. The molecule has 6 heteroatoms. The van der Waals surface area contributed by atoms with Crippen LogP contribution in [-0.4, -0.2) is 24.0 Å². The molecule has 5 nitrogen and oxygen atoms in total. The number of nitrogens with two attached hydrogens (primary N) is 1. The number of nitrogen functional groups attached to an aromatic ring is 1. The molecule has 1 amide bonds. The van der Waals surface area contributed by atoms with Crippen molar-refractivity contribution in [2.24, 2.45) is 0 Å². The number of anilines is 2. The van der Waals surface area contributed by atoms with E-state index in [1.165, 1.54) is 0 Å². The third-order valence-electron chi connectivity index (χ3n) is 2.86. The molecule has 1 aromatic carbocycles. The molecule has 1 unspecified atom stereocenters. The van der Waals surface area contributed by atoms with Gasteiger partial charge in [-0.05, 0) is 25.1 Å². The third-order valence-corrected chi connectivity index (χ3v) is 3.35. The van der Waals surface area contributed by atoms with Gasteiger partial charge in [-0.15, -0.1) is 0 Å². The molecule has 0 aliphatic heterocycles. The van der Waals surface area contributed by atoms with E-state index in [2.05, 4.69) is 31.5 Å². The van der Waals surface area contributed by atoms with E-state index in [0.29, 0.717) is 5.69 Å². The lowest BCUT2D eigenvalue weighted by atomic mass is 10.1. The Labute approximate surface area is 119 Å². The van der Waals surface area contributed by atoms with Gasteiger partial charge in [0.25, 0.3) is 0 Å². The highest BCUT2D eigenvalue weighted by Gasteiger charge is 2.14. The van der Waals surface area contributed by atoms with Gasteiger partial charge in [0.15, 0.2) is 0 Å². The maximum Gasteiger partial charge on any atom is 0.241 e. The molecule has 0 radical (unpaired) electrons. The Morgan fingerprint density at radius 3 is 2.89 bits per heavy atom. The van der Waals surface area contributed by atoms with Crippen molar-refractivity contribution < 1.29 is 4.79 Å². The van der Waals surface area contributed by atoms with Gasteiger partial charge in [-0.3, -0.25) is 9.78 Å². The number of fused-ring (bicyclic) bond motifs is 1. The summed E-state index contributed by atoms with van der Waals surface area (Å²) in [6.45, 7) is 1.78. The highest BCUT2D eigenvalue weighted by atomic mass is 79.9.